The standard InChI is InChI=1S/C22H18FN3O2S/c1-14(27)15-5-4-6-18(13-15)26-22(29)25-17-11-9-16(10-12-17)24-21(28)19-7-2-3-8-20(19)23/h2-13H,1H3,(H,24,28)(H2,25,26,29). The molecule has 0 aliphatic heterocycles. The van der Waals surface area contributed by atoms with Crippen LogP contribution >= 0.6 is 12.2 Å². The maximum absolute atomic E-state index is 13.7. The van der Waals surface area contributed by atoms with Crippen molar-refractivity contribution >= 4 is 46.1 Å². The Morgan fingerprint density at radius 2 is 1.41 bits per heavy atom. The Balaban J connectivity index is 1.59. The van der Waals surface area contributed by atoms with Crippen molar-refractivity contribution in [1.29, 1.82) is 0 Å². The lowest BCUT2D eigenvalue weighted by atomic mass is 10.1. The highest BCUT2D eigenvalue weighted by atomic mass is 32.1. The number of carbonyl (C=O) groups excluding carboxylic acids is 2. The topological polar surface area (TPSA) is 70.2 Å². The molecule has 0 unspecified atom stereocenters. The first-order valence-corrected chi connectivity index (χ1v) is 9.18. The Bertz CT molecular complexity index is 1070. The summed E-state index contributed by atoms with van der Waals surface area (Å²) in [6.07, 6.45) is 0. The number of carbonyl (C=O) groups is 2. The van der Waals surface area contributed by atoms with Crippen molar-refractivity contribution < 1.29 is 14.0 Å². The minimum Gasteiger partial charge on any atom is -0.332 e. The lowest BCUT2D eigenvalue weighted by Crippen LogP contribution is -2.19. The van der Waals surface area contributed by atoms with Gasteiger partial charge in [0.25, 0.3) is 5.91 Å². The van der Waals surface area contributed by atoms with Crippen LogP contribution in [0.25, 0.3) is 0 Å². The minimum absolute atomic E-state index is 0.0205. The third kappa shape index (κ3) is 5.46. The molecule has 0 saturated heterocycles. The fourth-order valence-electron chi connectivity index (χ4n) is 2.59. The van der Waals surface area contributed by atoms with Crippen molar-refractivity contribution in [1.82, 2.24) is 0 Å². The van der Waals surface area contributed by atoms with E-state index in [4.69, 9.17) is 12.2 Å². The summed E-state index contributed by atoms with van der Waals surface area (Å²) in [5, 5.41) is 9.04. The van der Waals surface area contributed by atoms with Crippen molar-refractivity contribution in [3.05, 3.63) is 89.7 Å². The van der Waals surface area contributed by atoms with Crippen LogP contribution in [0.3, 0.4) is 0 Å². The fourth-order valence-corrected chi connectivity index (χ4v) is 2.83. The largest absolute Gasteiger partial charge is 0.332 e. The number of anilines is 3. The summed E-state index contributed by atoms with van der Waals surface area (Å²) >= 11 is 5.29. The molecule has 3 N–H and O–H groups in total. The third-order valence-corrected chi connectivity index (χ3v) is 4.25. The number of Topliss-reactive ketones (excluding diaryl/α,β-unsaturated/α-hetero) is 1. The molecular formula is C22H18FN3O2S. The summed E-state index contributed by atoms with van der Waals surface area (Å²) in [5.74, 6) is -1.12. The predicted octanol–water partition coefficient (Wildman–Crippen LogP) is 5.09. The zero-order valence-electron chi connectivity index (χ0n) is 15.5. The van der Waals surface area contributed by atoms with Gasteiger partial charge in [-0.2, -0.15) is 0 Å². The second-order valence-electron chi connectivity index (χ2n) is 6.23. The van der Waals surface area contributed by atoms with Gasteiger partial charge in [0.2, 0.25) is 0 Å². The molecule has 1 amide bonds. The molecule has 146 valence electrons. The van der Waals surface area contributed by atoms with Crippen LogP contribution in [0.4, 0.5) is 21.5 Å². The van der Waals surface area contributed by atoms with Crippen LogP contribution < -0.4 is 16.0 Å². The summed E-state index contributed by atoms with van der Waals surface area (Å²) < 4.78 is 13.7. The number of nitrogens with one attached hydrogen (secondary N) is 3. The van der Waals surface area contributed by atoms with Crippen LogP contribution in [0.15, 0.2) is 72.8 Å². The summed E-state index contributed by atoms with van der Waals surface area (Å²) in [4.78, 5) is 23.6. The molecule has 29 heavy (non-hydrogen) atoms. The van der Waals surface area contributed by atoms with Gasteiger partial charge in [-0.25, -0.2) is 4.39 Å². The molecule has 0 fully saturated rings. The van der Waals surface area contributed by atoms with Crippen molar-refractivity contribution in [2.75, 3.05) is 16.0 Å². The van der Waals surface area contributed by atoms with E-state index in [9.17, 15) is 14.0 Å². The summed E-state index contributed by atoms with van der Waals surface area (Å²) in [5.41, 5.74) is 2.50. The first-order chi connectivity index (χ1) is 13.9. The Kier molecular flexibility index (Phi) is 6.31. The maximum Gasteiger partial charge on any atom is 0.258 e. The van der Waals surface area contributed by atoms with E-state index in [0.717, 1.165) is 0 Å². The van der Waals surface area contributed by atoms with E-state index in [2.05, 4.69) is 16.0 Å². The first-order valence-electron chi connectivity index (χ1n) is 8.77. The molecule has 0 atom stereocenters. The van der Waals surface area contributed by atoms with Gasteiger partial charge in [0.15, 0.2) is 10.9 Å². The molecule has 3 aromatic carbocycles. The number of hydrogen-bond acceptors (Lipinski definition) is 3. The molecule has 0 saturated carbocycles. The molecule has 0 spiro atoms. The van der Waals surface area contributed by atoms with Gasteiger partial charge in [-0.1, -0.05) is 24.3 Å². The molecule has 3 rings (SSSR count). The number of ketones is 1. The van der Waals surface area contributed by atoms with E-state index in [1.54, 1.807) is 48.5 Å². The summed E-state index contributed by atoms with van der Waals surface area (Å²) in [7, 11) is 0. The van der Waals surface area contributed by atoms with E-state index in [1.165, 1.54) is 25.1 Å². The van der Waals surface area contributed by atoms with Gasteiger partial charge >= 0.3 is 0 Å². The van der Waals surface area contributed by atoms with E-state index in [1.807, 2.05) is 6.07 Å². The van der Waals surface area contributed by atoms with Crippen LogP contribution in [0.5, 0.6) is 0 Å². The van der Waals surface area contributed by atoms with Crippen LogP contribution in [-0.2, 0) is 0 Å². The number of hydrogen-bond donors (Lipinski definition) is 3. The first kappa shape index (κ1) is 20.2. The molecule has 0 aromatic heterocycles. The van der Waals surface area contributed by atoms with Crippen LogP contribution in [-0.4, -0.2) is 16.8 Å². The van der Waals surface area contributed by atoms with Gasteiger partial charge in [-0.05, 0) is 67.7 Å². The molecule has 5 nitrogen and oxygen atoms in total. The smallest absolute Gasteiger partial charge is 0.258 e. The van der Waals surface area contributed by atoms with E-state index >= 15 is 0 Å². The predicted molar refractivity (Wildman–Crippen MR) is 117 cm³/mol. The van der Waals surface area contributed by atoms with Crippen molar-refractivity contribution in [2.45, 2.75) is 6.92 Å². The van der Waals surface area contributed by atoms with Gasteiger partial charge in [-0.3, -0.25) is 9.59 Å². The van der Waals surface area contributed by atoms with Crippen LogP contribution in [0.2, 0.25) is 0 Å². The Morgan fingerprint density at radius 1 is 0.793 bits per heavy atom. The van der Waals surface area contributed by atoms with E-state index in [0.29, 0.717) is 27.7 Å². The third-order valence-electron chi connectivity index (χ3n) is 4.05. The van der Waals surface area contributed by atoms with Crippen molar-refractivity contribution in [3.8, 4) is 0 Å². The lowest BCUT2D eigenvalue weighted by molar-refractivity contribution is 0.101. The van der Waals surface area contributed by atoms with Gasteiger partial charge < -0.3 is 16.0 Å². The second kappa shape index (κ2) is 9.07. The molecule has 7 heteroatoms. The van der Waals surface area contributed by atoms with Crippen molar-refractivity contribution in [2.24, 2.45) is 0 Å². The summed E-state index contributed by atoms with van der Waals surface area (Å²) in [6.45, 7) is 1.50. The molecule has 3 aromatic rings. The quantitative estimate of drug-likeness (QED) is 0.406. The van der Waals surface area contributed by atoms with E-state index in [-0.39, 0.29) is 11.3 Å². The van der Waals surface area contributed by atoms with E-state index < -0.39 is 11.7 Å². The van der Waals surface area contributed by atoms with Crippen molar-refractivity contribution in [3.63, 3.8) is 0 Å². The number of benzene rings is 3. The van der Waals surface area contributed by atoms with Gasteiger partial charge in [0, 0.05) is 22.6 Å². The average Bonchev–Trinajstić information content (AvgIpc) is 2.70. The molecule has 0 aliphatic carbocycles. The van der Waals surface area contributed by atoms with Crippen LogP contribution in [0.1, 0.15) is 27.6 Å². The zero-order valence-corrected chi connectivity index (χ0v) is 16.3. The highest BCUT2D eigenvalue weighted by molar-refractivity contribution is 7.80. The monoisotopic (exact) mass is 407 g/mol. The lowest BCUT2D eigenvalue weighted by Gasteiger charge is -2.12. The molecule has 0 heterocycles. The Morgan fingerprint density at radius 3 is 2.07 bits per heavy atom. The van der Waals surface area contributed by atoms with Gasteiger partial charge in [0.05, 0.1) is 5.56 Å². The number of rotatable bonds is 5. The molecule has 0 bridgehead atoms. The minimum atomic E-state index is -0.575. The number of halogens is 1. The SMILES string of the molecule is CC(=O)c1cccc(NC(=S)Nc2ccc(NC(=O)c3ccccc3F)cc2)c1. The Hall–Kier alpha value is -3.58. The highest BCUT2D eigenvalue weighted by Gasteiger charge is 2.11. The highest BCUT2D eigenvalue weighted by Crippen LogP contribution is 2.17. The molecule has 0 radical (unpaired) electrons. The Labute approximate surface area is 173 Å². The average molecular weight is 407 g/mol. The number of amides is 1. The molecular weight excluding hydrogens is 389 g/mol. The fraction of sp³-hybridized carbons (Fsp3) is 0.0455. The van der Waals surface area contributed by atoms with Gasteiger partial charge in [0.1, 0.15) is 5.82 Å². The molecule has 0 aliphatic rings. The number of thiocarbonyl (C=S) groups is 1. The maximum atomic E-state index is 13.7. The van der Waals surface area contributed by atoms with Gasteiger partial charge in [-0.15, -0.1) is 0 Å². The normalized spacial score (nSPS) is 10.1. The second-order valence-corrected chi connectivity index (χ2v) is 6.64. The zero-order chi connectivity index (χ0) is 20.8. The summed E-state index contributed by atoms with van der Waals surface area (Å²) in [6, 6.07) is 19.7. The van der Waals surface area contributed by atoms with Crippen LogP contribution in [0, 0.1) is 5.82 Å².